The second-order valence-corrected chi connectivity index (χ2v) is 4.87. The lowest BCUT2D eigenvalue weighted by atomic mass is 10.1. The summed E-state index contributed by atoms with van der Waals surface area (Å²) in [5, 5.41) is 9.24. The molecule has 0 radical (unpaired) electrons. The highest BCUT2D eigenvalue weighted by atomic mass is 35.5. The first-order chi connectivity index (χ1) is 10.1. The maximum atomic E-state index is 10.6. The van der Waals surface area contributed by atoms with Gasteiger partial charge < -0.3 is 9.84 Å². The molecule has 0 aromatic heterocycles. The third kappa shape index (κ3) is 4.97. The third-order valence-corrected chi connectivity index (χ3v) is 3.10. The highest BCUT2D eigenvalue weighted by molar-refractivity contribution is 6.30. The van der Waals surface area contributed by atoms with Gasteiger partial charge >= 0.3 is 5.97 Å². The Balaban J connectivity index is 2.03. The molecule has 2 aromatic rings. The molecule has 108 valence electrons. The fourth-order valence-corrected chi connectivity index (χ4v) is 2.05. The highest BCUT2D eigenvalue weighted by Crippen LogP contribution is 2.24. The number of aliphatic carboxylic acids is 1. The third-order valence-electron chi connectivity index (χ3n) is 2.87. The molecule has 0 aliphatic heterocycles. The second kappa shape index (κ2) is 7.50. The Labute approximate surface area is 128 Å². The first-order valence-corrected chi connectivity index (χ1v) is 6.90. The second-order valence-electron chi connectivity index (χ2n) is 4.44. The van der Waals surface area contributed by atoms with Gasteiger partial charge in [-0.1, -0.05) is 41.9 Å². The smallest absolute Gasteiger partial charge is 0.328 e. The van der Waals surface area contributed by atoms with Gasteiger partial charge in [-0.15, -0.1) is 0 Å². The molecular formula is C17H15ClO3. The Bertz CT molecular complexity index is 636. The summed E-state index contributed by atoms with van der Waals surface area (Å²) in [7, 11) is 0. The molecule has 2 rings (SSSR count). The van der Waals surface area contributed by atoms with Crippen molar-refractivity contribution in [3.63, 3.8) is 0 Å². The number of halogens is 1. The Morgan fingerprint density at radius 3 is 2.67 bits per heavy atom. The standard InChI is InChI=1S/C17H15ClO3/c18-15-7-8-16(14(12-15)6-9-17(19)20)21-11-10-13-4-2-1-3-5-13/h1-9,12H,10-11H2,(H,19,20)/b9-6+. The molecular weight excluding hydrogens is 288 g/mol. The van der Waals surface area contributed by atoms with Crippen molar-refractivity contribution in [1.29, 1.82) is 0 Å². The summed E-state index contributed by atoms with van der Waals surface area (Å²) in [4.78, 5) is 10.6. The van der Waals surface area contributed by atoms with E-state index in [2.05, 4.69) is 0 Å². The van der Waals surface area contributed by atoms with Gasteiger partial charge in [0.05, 0.1) is 6.61 Å². The lowest BCUT2D eigenvalue weighted by Gasteiger charge is -2.09. The molecule has 0 bridgehead atoms. The summed E-state index contributed by atoms with van der Waals surface area (Å²) in [5.41, 5.74) is 1.84. The Kier molecular flexibility index (Phi) is 5.41. The first-order valence-electron chi connectivity index (χ1n) is 6.52. The van der Waals surface area contributed by atoms with E-state index >= 15 is 0 Å². The van der Waals surface area contributed by atoms with Gasteiger partial charge in [-0.2, -0.15) is 0 Å². The van der Waals surface area contributed by atoms with Gasteiger partial charge in [-0.05, 0) is 29.8 Å². The number of carbonyl (C=O) groups is 1. The van der Waals surface area contributed by atoms with Crippen LogP contribution in [-0.2, 0) is 11.2 Å². The van der Waals surface area contributed by atoms with Gasteiger partial charge in [-0.3, -0.25) is 0 Å². The Morgan fingerprint density at radius 1 is 1.19 bits per heavy atom. The summed E-state index contributed by atoms with van der Waals surface area (Å²) in [5.74, 6) is -0.391. The monoisotopic (exact) mass is 302 g/mol. The van der Waals surface area contributed by atoms with Crippen molar-refractivity contribution >= 4 is 23.6 Å². The molecule has 4 heteroatoms. The number of hydrogen-bond donors (Lipinski definition) is 1. The Hall–Kier alpha value is -2.26. The maximum absolute atomic E-state index is 10.6. The summed E-state index contributed by atoms with van der Waals surface area (Å²) in [6.07, 6.45) is 3.33. The number of carboxylic acid groups (broad SMARTS) is 1. The summed E-state index contributed by atoms with van der Waals surface area (Å²) < 4.78 is 5.73. The zero-order valence-corrected chi connectivity index (χ0v) is 12.1. The molecule has 0 amide bonds. The van der Waals surface area contributed by atoms with Crippen LogP contribution < -0.4 is 4.74 Å². The fourth-order valence-electron chi connectivity index (χ4n) is 1.87. The molecule has 0 spiro atoms. The molecule has 0 saturated heterocycles. The quantitative estimate of drug-likeness (QED) is 0.819. The van der Waals surface area contributed by atoms with Gasteiger partial charge in [0.25, 0.3) is 0 Å². The van der Waals surface area contributed by atoms with Crippen molar-refractivity contribution in [3.8, 4) is 5.75 Å². The van der Waals surface area contributed by atoms with E-state index in [-0.39, 0.29) is 0 Å². The van der Waals surface area contributed by atoms with E-state index in [9.17, 15) is 4.79 Å². The molecule has 2 aromatic carbocycles. The molecule has 0 fully saturated rings. The van der Waals surface area contributed by atoms with Gasteiger partial charge in [0, 0.05) is 23.1 Å². The first kappa shape index (κ1) is 15.1. The topological polar surface area (TPSA) is 46.5 Å². The molecule has 0 aliphatic carbocycles. The van der Waals surface area contributed by atoms with Crippen LogP contribution in [0.5, 0.6) is 5.75 Å². The SMILES string of the molecule is O=C(O)/C=C/c1cc(Cl)ccc1OCCc1ccccc1. The lowest BCUT2D eigenvalue weighted by molar-refractivity contribution is -0.131. The van der Waals surface area contributed by atoms with E-state index in [0.717, 1.165) is 12.5 Å². The number of hydrogen-bond acceptors (Lipinski definition) is 2. The average Bonchev–Trinajstić information content (AvgIpc) is 2.48. The molecule has 0 atom stereocenters. The predicted octanol–water partition coefficient (Wildman–Crippen LogP) is 4.06. The van der Waals surface area contributed by atoms with Crippen LogP contribution in [0.3, 0.4) is 0 Å². The molecule has 0 heterocycles. The molecule has 0 aliphatic rings. The summed E-state index contributed by atoms with van der Waals surface area (Å²) in [6.45, 7) is 0.513. The fraction of sp³-hybridized carbons (Fsp3) is 0.118. The molecule has 3 nitrogen and oxygen atoms in total. The largest absolute Gasteiger partial charge is 0.493 e. The van der Waals surface area contributed by atoms with Crippen LogP contribution in [0.2, 0.25) is 5.02 Å². The van der Waals surface area contributed by atoms with Crippen LogP contribution in [0.25, 0.3) is 6.08 Å². The maximum Gasteiger partial charge on any atom is 0.328 e. The number of ether oxygens (including phenoxy) is 1. The van der Waals surface area contributed by atoms with Crippen molar-refractivity contribution in [2.24, 2.45) is 0 Å². The summed E-state index contributed by atoms with van der Waals surface area (Å²) in [6, 6.07) is 15.2. The van der Waals surface area contributed by atoms with E-state index in [1.54, 1.807) is 18.2 Å². The van der Waals surface area contributed by atoms with Crippen LogP contribution >= 0.6 is 11.6 Å². The van der Waals surface area contributed by atoms with Crippen LogP contribution in [-0.4, -0.2) is 17.7 Å². The molecule has 0 unspecified atom stereocenters. The van der Waals surface area contributed by atoms with Crippen molar-refractivity contribution in [2.75, 3.05) is 6.61 Å². The number of benzene rings is 2. The minimum absolute atomic E-state index is 0.513. The summed E-state index contributed by atoms with van der Waals surface area (Å²) >= 11 is 5.93. The molecule has 21 heavy (non-hydrogen) atoms. The van der Waals surface area contributed by atoms with E-state index in [4.69, 9.17) is 21.4 Å². The average molecular weight is 303 g/mol. The van der Waals surface area contributed by atoms with Gasteiger partial charge in [0.2, 0.25) is 0 Å². The minimum Gasteiger partial charge on any atom is -0.493 e. The number of carboxylic acids is 1. The van der Waals surface area contributed by atoms with Crippen LogP contribution in [0, 0.1) is 0 Å². The Morgan fingerprint density at radius 2 is 1.95 bits per heavy atom. The van der Waals surface area contributed by atoms with E-state index in [0.29, 0.717) is 22.9 Å². The van der Waals surface area contributed by atoms with Crippen molar-refractivity contribution in [2.45, 2.75) is 6.42 Å². The highest BCUT2D eigenvalue weighted by Gasteiger charge is 2.03. The zero-order valence-electron chi connectivity index (χ0n) is 11.3. The van der Waals surface area contributed by atoms with Crippen molar-refractivity contribution < 1.29 is 14.6 Å². The molecule has 0 saturated carbocycles. The van der Waals surface area contributed by atoms with Gasteiger partial charge in [0.15, 0.2) is 0 Å². The van der Waals surface area contributed by atoms with E-state index in [1.165, 1.54) is 11.6 Å². The van der Waals surface area contributed by atoms with Crippen LogP contribution in [0.4, 0.5) is 0 Å². The van der Waals surface area contributed by atoms with Crippen molar-refractivity contribution in [3.05, 3.63) is 70.8 Å². The van der Waals surface area contributed by atoms with E-state index < -0.39 is 5.97 Å². The predicted molar refractivity (Wildman–Crippen MR) is 83.8 cm³/mol. The normalized spacial score (nSPS) is 10.7. The molecule has 1 N–H and O–H groups in total. The van der Waals surface area contributed by atoms with Crippen LogP contribution in [0.15, 0.2) is 54.6 Å². The van der Waals surface area contributed by atoms with Gasteiger partial charge in [0.1, 0.15) is 5.75 Å². The zero-order chi connectivity index (χ0) is 15.1. The van der Waals surface area contributed by atoms with Crippen molar-refractivity contribution in [1.82, 2.24) is 0 Å². The minimum atomic E-state index is -1.01. The van der Waals surface area contributed by atoms with Crippen LogP contribution in [0.1, 0.15) is 11.1 Å². The van der Waals surface area contributed by atoms with Gasteiger partial charge in [-0.25, -0.2) is 4.79 Å². The van der Waals surface area contributed by atoms with E-state index in [1.807, 2.05) is 30.3 Å². The lowest BCUT2D eigenvalue weighted by Crippen LogP contribution is -2.02. The number of rotatable bonds is 6.